The van der Waals surface area contributed by atoms with Crippen LogP contribution in [0.1, 0.15) is 5.56 Å². The van der Waals surface area contributed by atoms with Crippen LogP contribution in [0.5, 0.6) is 0 Å². The van der Waals surface area contributed by atoms with Gasteiger partial charge in [0.25, 0.3) is 0 Å². The zero-order chi connectivity index (χ0) is 14.6. The Morgan fingerprint density at radius 3 is 2.26 bits per heavy atom. The van der Waals surface area contributed by atoms with E-state index in [1.165, 1.54) is 28.6 Å². The summed E-state index contributed by atoms with van der Waals surface area (Å²) < 4.78 is 26.1. The van der Waals surface area contributed by atoms with E-state index in [0.717, 1.165) is 0 Å². The van der Waals surface area contributed by atoms with Gasteiger partial charge in [-0.1, -0.05) is 23.8 Å². The molecule has 0 amide bonds. The first kappa shape index (κ1) is 15.8. The minimum atomic E-state index is -3.66. The predicted octanol–water partition coefficient (Wildman–Crippen LogP) is 2.59. The fraction of sp³-hybridized carbons (Fsp3) is 0.231. The summed E-state index contributed by atoms with van der Waals surface area (Å²) in [6, 6.07) is 2.82. The molecule has 1 rings (SSSR count). The van der Waals surface area contributed by atoms with Gasteiger partial charge in [-0.15, -0.1) is 13.2 Å². The Morgan fingerprint density at radius 1 is 1.32 bits per heavy atom. The highest BCUT2D eigenvalue weighted by molar-refractivity contribution is 7.89. The molecular weight excluding hydrogens is 284 g/mol. The molecule has 6 heteroatoms. The van der Waals surface area contributed by atoms with Gasteiger partial charge in [0.2, 0.25) is 10.0 Å². The maximum atomic E-state index is 12.4. The van der Waals surface area contributed by atoms with Crippen molar-refractivity contribution in [2.24, 2.45) is 0 Å². The molecule has 0 radical (unpaired) electrons. The van der Waals surface area contributed by atoms with Crippen molar-refractivity contribution >= 4 is 27.3 Å². The van der Waals surface area contributed by atoms with Gasteiger partial charge in [-0.3, -0.25) is 0 Å². The summed E-state index contributed by atoms with van der Waals surface area (Å²) in [5, 5.41) is 0.329. The van der Waals surface area contributed by atoms with Crippen molar-refractivity contribution in [2.45, 2.75) is 11.8 Å². The highest BCUT2D eigenvalue weighted by Gasteiger charge is 2.23. The molecular formula is C13H17ClN2O2S. The van der Waals surface area contributed by atoms with E-state index >= 15 is 0 Å². The van der Waals surface area contributed by atoms with E-state index < -0.39 is 10.0 Å². The quantitative estimate of drug-likeness (QED) is 0.649. The van der Waals surface area contributed by atoms with Crippen molar-refractivity contribution in [1.82, 2.24) is 4.31 Å². The van der Waals surface area contributed by atoms with Crippen LogP contribution < -0.4 is 5.73 Å². The highest BCUT2D eigenvalue weighted by Crippen LogP contribution is 2.27. The molecule has 0 fully saturated rings. The molecule has 0 heterocycles. The van der Waals surface area contributed by atoms with Gasteiger partial charge in [-0.2, -0.15) is 4.31 Å². The van der Waals surface area contributed by atoms with Gasteiger partial charge in [0.15, 0.2) is 0 Å². The van der Waals surface area contributed by atoms with Gasteiger partial charge in [0.05, 0.1) is 4.90 Å². The molecule has 0 aliphatic heterocycles. The molecule has 1 aromatic rings. The van der Waals surface area contributed by atoms with Crippen molar-refractivity contribution in [3.63, 3.8) is 0 Å². The Labute approximate surface area is 119 Å². The molecule has 1 aromatic carbocycles. The number of halogens is 1. The second kappa shape index (κ2) is 6.23. The Morgan fingerprint density at radius 2 is 1.84 bits per heavy atom. The standard InChI is InChI=1S/C13H17ClN2O2S/c1-4-6-16(7-5-2)19(17,18)11-8-12(14)10(3)13(15)9-11/h4-5,8-9H,1-2,6-7,15H2,3H3. The summed E-state index contributed by atoms with van der Waals surface area (Å²) in [5.74, 6) is 0. The first-order valence-electron chi connectivity index (χ1n) is 5.62. The van der Waals surface area contributed by atoms with Crippen LogP contribution in [0.2, 0.25) is 5.02 Å². The summed E-state index contributed by atoms with van der Waals surface area (Å²) in [6.45, 7) is 9.22. The highest BCUT2D eigenvalue weighted by atomic mass is 35.5. The minimum absolute atomic E-state index is 0.0734. The molecule has 0 spiro atoms. The third-order valence-electron chi connectivity index (χ3n) is 2.66. The molecule has 0 aromatic heterocycles. The summed E-state index contributed by atoms with van der Waals surface area (Å²) >= 11 is 5.98. The van der Waals surface area contributed by atoms with Gasteiger partial charge in [-0.05, 0) is 24.6 Å². The Bertz CT molecular complexity index is 564. The molecule has 19 heavy (non-hydrogen) atoms. The fourth-order valence-corrected chi connectivity index (χ4v) is 3.27. The van der Waals surface area contributed by atoms with Gasteiger partial charge in [0, 0.05) is 23.8 Å². The average molecular weight is 301 g/mol. The lowest BCUT2D eigenvalue weighted by molar-refractivity contribution is 0.474. The van der Waals surface area contributed by atoms with Crippen molar-refractivity contribution in [1.29, 1.82) is 0 Å². The molecule has 0 unspecified atom stereocenters. The molecule has 104 valence electrons. The lowest BCUT2D eigenvalue weighted by atomic mass is 10.2. The van der Waals surface area contributed by atoms with Gasteiger partial charge in [-0.25, -0.2) is 8.42 Å². The van der Waals surface area contributed by atoms with E-state index in [4.69, 9.17) is 17.3 Å². The number of benzene rings is 1. The van der Waals surface area contributed by atoms with Gasteiger partial charge < -0.3 is 5.73 Å². The van der Waals surface area contributed by atoms with E-state index in [9.17, 15) is 8.42 Å². The van der Waals surface area contributed by atoms with Crippen LogP contribution in [0, 0.1) is 6.92 Å². The first-order chi connectivity index (χ1) is 8.84. The van der Waals surface area contributed by atoms with E-state index in [1.54, 1.807) is 6.92 Å². The van der Waals surface area contributed by atoms with Crippen LogP contribution in [0.15, 0.2) is 42.3 Å². The Balaban J connectivity index is 3.32. The second-order valence-electron chi connectivity index (χ2n) is 4.02. The van der Waals surface area contributed by atoms with E-state index in [1.807, 2.05) is 0 Å². The van der Waals surface area contributed by atoms with Crippen molar-refractivity contribution in [3.05, 3.63) is 48.0 Å². The zero-order valence-electron chi connectivity index (χ0n) is 10.8. The second-order valence-corrected chi connectivity index (χ2v) is 6.36. The minimum Gasteiger partial charge on any atom is -0.398 e. The van der Waals surface area contributed by atoms with E-state index in [0.29, 0.717) is 16.3 Å². The molecule has 0 saturated carbocycles. The number of nitrogen functional groups attached to an aromatic ring is 1. The fourth-order valence-electron chi connectivity index (χ4n) is 1.53. The summed E-state index contributed by atoms with van der Waals surface area (Å²) in [6.07, 6.45) is 3.03. The SMILES string of the molecule is C=CCN(CC=C)S(=O)(=O)c1cc(N)c(C)c(Cl)c1. The Kier molecular flexibility index (Phi) is 5.17. The lowest BCUT2D eigenvalue weighted by Gasteiger charge is -2.19. The van der Waals surface area contributed by atoms with Gasteiger partial charge in [0.1, 0.15) is 0 Å². The predicted molar refractivity (Wildman–Crippen MR) is 79.8 cm³/mol. The zero-order valence-corrected chi connectivity index (χ0v) is 12.3. The molecule has 0 atom stereocenters. The largest absolute Gasteiger partial charge is 0.398 e. The van der Waals surface area contributed by atoms with E-state index in [2.05, 4.69) is 13.2 Å². The van der Waals surface area contributed by atoms with Crippen LogP contribution in [0.4, 0.5) is 5.69 Å². The third kappa shape index (κ3) is 3.37. The van der Waals surface area contributed by atoms with Crippen molar-refractivity contribution < 1.29 is 8.42 Å². The van der Waals surface area contributed by atoms with E-state index in [-0.39, 0.29) is 18.0 Å². The topological polar surface area (TPSA) is 63.4 Å². The number of hydrogen-bond acceptors (Lipinski definition) is 3. The number of anilines is 1. The van der Waals surface area contributed by atoms with Gasteiger partial charge >= 0.3 is 0 Å². The molecule has 0 saturated heterocycles. The van der Waals surface area contributed by atoms with Crippen LogP contribution in [-0.4, -0.2) is 25.8 Å². The lowest BCUT2D eigenvalue weighted by Crippen LogP contribution is -2.31. The summed E-state index contributed by atoms with van der Waals surface area (Å²) in [5.41, 5.74) is 6.78. The molecule has 2 N–H and O–H groups in total. The maximum Gasteiger partial charge on any atom is 0.243 e. The molecule has 0 bridgehead atoms. The Hall–Kier alpha value is -1.30. The third-order valence-corrected chi connectivity index (χ3v) is 4.86. The number of nitrogens with zero attached hydrogens (tertiary/aromatic N) is 1. The summed E-state index contributed by atoms with van der Waals surface area (Å²) in [4.78, 5) is 0.0734. The number of sulfonamides is 1. The molecule has 4 nitrogen and oxygen atoms in total. The van der Waals surface area contributed by atoms with Crippen LogP contribution in [-0.2, 0) is 10.0 Å². The number of rotatable bonds is 6. The number of hydrogen-bond donors (Lipinski definition) is 1. The normalized spacial score (nSPS) is 11.5. The first-order valence-corrected chi connectivity index (χ1v) is 7.44. The van der Waals surface area contributed by atoms with Crippen molar-refractivity contribution in [2.75, 3.05) is 18.8 Å². The number of nitrogens with two attached hydrogens (primary N) is 1. The van der Waals surface area contributed by atoms with Crippen LogP contribution in [0.25, 0.3) is 0 Å². The average Bonchev–Trinajstić information content (AvgIpc) is 2.35. The molecule has 0 aliphatic carbocycles. The van der Waals surface area contributed by atoms with Crippen LogP contribution >= 0.6 is 11.6 Å². The molecule has 0 aliphatic rings. The maximum absolute atomic E-state index is 12.4. The van der Waals surface area contributed by atoms with Crippen molar-refractivity contribution in [3.8, 4) is 0 Å². The monoisotopic (exact) mass is 300 g/mol. The smallest absolute Gasteiger partial charge is 0.243 e. The van der Waals surface area contributed by atoms with Crippen LogP contribution in [0.3, 0.4) is 0 Å². The summed E-state index contributed by atoms with van der Waals surface area (Å²) in [7, 11) is -3.66.